The quantitative estimate of drug-likeness (QED) is 0.735. The Balaban J connectivity index is 1.86. The van der Waals surface area contributed by atoms with E-state index in [2.05, 4.69) is 20.5 Å². The Kier molecular flexibility index (Phi) is 4.69. The molecule has 24 heavy (non-hydrogen) atoms. The van der Waals surface area contributed by atoms with Gasteiger partial charge in [-0.25, -0.2) is 0 Å². The molecule has 0 atom stereocenters. The third-order valence-corrected chi connectivity index (χ3v) is 3.98. The van der Waals surface area contributed by atoms with E-state index in [1.54, 1.807) is 49.6 Å². The maximum absolute atomic E-state index is 12.2. The minimum Gasteiger partial charge on any atom is -0.497 e. The molecule has 2 aromatic carbocycles. The minimum absolute atomic E-state index is 0.204. The van der Waals surface area contributed by atoms with Crippen LogP contribution in [0.5, 0.6) is 5.75 Å². The van der Waals surface area contributed by atoms with E-state index in [0.29, 0.717) is 27.0 Å². The molecule has 0 bridgehead atoms. The first-order chi connectivity index (χ1) is 11.6. The van der Waals surface area contributed by atoms with Crippen LogP contribution >= 0.6 is 23.2 Å². The van der Waals surface area contributed by atoms with Crippen molar-refractivity contribution in [2.24, 2.45) is 0 Å². The molecule has 0 amide bonds. The summed E-state index contributed by atoms with van der Waals surface area (Å²) in [5.41, 5.74) is 1.13. The molecular weight excluding hydrogens is 351 g/mol. The fourth-order valence-corrected chi connectivity index (χ4v) is 2.34. The normalized spacial score (nSPS) is 10.5. The van der Waals surface area contributed by atoms with E-state index in [-0.39, 0.29) is 17.2 Å². The highest BCUT2D eigenvalue weighted by Crippen LogP contribution is 2.26. The third-order valence-electron chi connectivity index (χ3n) is 3.24. The predicted octanol–water partition coefficient (Wildman–Crippen LogP) is 3.89. The van der Waals surface area contributed by atoms with Crippen LogP contribution in [-0.2, 0) is 0 Å². The van der Waals surface area contributed by atoms with Gasteiger partial charge in [0.15, 0.2) is 5.69 Å². The van der Waals surface area contributed by atoms with Gasteiger partial charge in [-0.05, 0) is 42.5 Å². The highest BCUT2D eigenvalue weighted by atomic mass is 35.5. The lowest BCUT2D eigenvalue weighted by molar-refractivity contribution is 0.415. The lowest BCUT2D eigenvalue weighted by Crippen LogP contribution is -2.15. The summed E-state index contributed by atoms with van der Waals surface area (Å²) >= 11 is 11.8. The number of anilines is 2. The monoisotopic (exact) mass is 362 g/mol. The highest BCUT2D eigenvalue weighted by Gasteiger charge is 2.08. The molecule has 0 aliphatic heterocycles. The van der Waals surface area contributed by atoms with E-state index in [1.807, 2.05) is 0 Å². The van der Waals surface area contributed by atoms with Crippen molar-refractivity contribution >= 4 is 34.8 Å². The number of aromatic nitrogens is 3. The molecule has 1 heterocycles. The summed E-state index contributed by atoms with van der Waals surface area (Å²) in [5, 5.41) is 11.7. The second-order valence-corrected chi connectivity index (χ2v) is 5.65. The van der Waals surface area contributed by atoms with E-state index in [0.717, 1.165) is 0 Å². The molecule has 8 heteroatoms. The Morgan fingerprint density at radius 2 is 1.79 bits per heavy atom. The van der Waals surface area contributed by atoms with Crippen LogP contribution in [0.2, 0.25) is 10.0 Å². The van der Waals surface area contributed by atoms with Gasteiger partial charge >= 0.3 is 0 Å². The van der Waals surface area contributed by atoms with Gasteiger partial charge in [-0.3, -0.25) is 9.78 Å². The van der Waals surface area contributed by atoms with E-state index in [1.165, 1.54) is 0 Å². The number of H-pyrrole nitrogens is 1. The minimum atomic E-state index is -0.363. The summed E-state index contributed by atoms with van der Waals surface area (Å²) in [6.45, 7) is 0. The van der Waals surface area contributed by atoms with Crippen LogP contribution in [0.3, 0.4) is 0 Å². The molecule has 1 aromatic heterocycles. The topological polar surface area (TPSA) is 79.9 Å². The summed E-state index contributed by atoms with van der Waals surface area (Å²) in [5.74, 6) is 0.900. The van der Waals surface area contributed by atoms with Crippen LogP contribution in [-0.4, -0.2) is 22.3 Å². The van der Waals surface area contributed by atoms with Crippen molar-refractivity contribution in [3.05, 3.63) is 62.9 Å². The van der Waals surface area contributed by atoms with Gasteiger partial charge in [0, 0.05) is 11.3 Å². The molecule has 0 unspecified atom stereocenters. The van der Waals surface area contributed by atoms with Gasteiger partial charge in [-0.15, -0.1) is 10.2 Å². The molecule has 3 rings (SSSR count). The first kappa shape index (κ1) is 16.3. The fourth-order valence-electron chi connectivity index (χ4n) is 2.04. The molecule has 0 saturated heterocycles. The zero-order valence-corrected chi connectivity index (χ0v) is 14.0. The fraction of sp³-hybridized carbons (Fsp3) is 0.0625. The van der Waals surface area contributed by atoms with Crippen molar-refractivity contribution in [1.82, 2.24) is 15.2 Å². The van der Waals surface area contributed by atoms with Crippen molar-refractivity contribution in [1.29, 1.82) is 0 Å². The Bertz CT molecular complexity index is 926. The van der Waals surface area contributed by atoms with Gasteiger partial charge in [0.05, 0.1) is 17.2 Å². The van der Waals surface area contributed by atoms with Gasteiger partial charge in [-0.2, -0.15) is 0 Å². The Hall–Kier alpha value is -2.57. The second kappa shape index (κ2) is 6.90. The van der Waals surface area contributed by atoms with Crippen LogP contribution in [0.15, 0.2) is 47.3 Å². The largest absolute Gasteiger partial charge is 0.497 e. The molecule has 0 fully saturated rings. The maximum Gasteiger partial charge on any atom is 0.279 e. The number of ether oxygens (including phenoxy) is 1. The molecule has 6 nitrogen and oxygen atoms in total. The van der Waals surface area contributed by atoms with Gasteiger partial charge in [-0.1, -0.05) is 23.2 Å². The van der Waals surface area contributed by atoms with Crippen LogP contribution < -0.4 is 15.6 Å². The highest BCUT2D eigenvalue weighted by molar-refractivity contribution is 6.42. The molecule has 0 aliphatic carbocycles. The molecule has 0 aliphatic rings. The SMILES string of the molecule is COc1ccc(-c2nnc(Nc3ccc(Cl)c(Cl)c3)[nH]c2=O)cc1. The van der Waals surface area contributed by atoms with Crippen molar-refractivity contribution in [2.75, 3.05) is 12.4 Å². The molecule has 3 aromatic rings. The molecule has 122 valence electrons. The number of hydrogen-bond acceptors (Lipinski definition) is 5. The van der Waals surface area contributed by atoms with Crippen LogP contribution in [0.4, 0.5) is 11.6 Å². The lowest BCUT2D eigenvalue weighted by atomic mass is 10.1. The third kappa shape index (κ3) is 3.50. The summed E-state index contributed by atoms with van der Waals surface area (Å²) in [4.78, 5) is 14.9. The van der Waals surface area contributed by atoms with Crippen molar-refractivity contribution in [3.8, 4) is 17.0 Å². The number of nitrogens with one attached hydrogen (secondary N) is 2. The van der Waals surface area contributed by atoms with E-state index in [9.17, 15) is 4.79 Å². The average Bonchev–Trinajstić information content (AvgIpc) is 2.59. The first-order valence-corrected chi connectivity index (χ1v) is 7.66. The smallest absolute Gasteiger partial charge is 0.279 e. The Morgan fingerprint density at radius 3 is 2.42 bits per heavy atom. The molecule has 0 spiro atoms. The van der Waals surface area contributed by atoms with Gasteiger partial charge in [0.1, 0.15) is 5.75 Å². The van der Waals surface area contributed by atoms with Crippen LogP contribution in [0.1, 0.15) is 0 Å². The summed E-state index contributed by atoms with van der Waals surface area (Å²) in [6.07, 6.45) is 0. The Labute approximate surface area is 147 Å². The summed E-state index contributed by atoms with van der Waals surface area (Å²) in [6, 6.07) is 12.0. The maximum atomic E-state index is 12.2. The molecule has 0 saturated carbocycles. The number of nitrogens with zero attached hydrogens (tertiary/aromatic N) is 2. The van der Waals surface area contributed by atoms with Crippen LogP contribution in [0, 0.1) is 0 Å². The standard InChI is InChI=1S/C16H12Cl2N4O2/c1-24-11-5-2-9(3-6-11)14-15(23)20-16(22-21-14)19-10-4-7-12(17)13(18)8-10/h2-8H,1H3,(H2,19,20,22,23). The zero-order chi connectivity index (χ0) is 17.1. The number of benzene rings is 2. The van der Waals surface area contributed by atoms with E-state index < -0.39 is 0 Å². The number of rotatable bonds is 4. The summed E-state index contributed by atoms with van der Waals surface area (Å²) < 4.78 is 5.09. The van der Waals surface area contributed by atoms with Gasteiger partial charge in [0.2, 0.25) is 5.95 Å². The molecule has 2 N–H and O–H groups in total. The van der Waals surface area contributed by atoms with Crippen molar-refractivity contribution in [2.45, 2.75) is 0 Å². The first-order valence-electron chi connectivity index (χ1n) is 6.90. The Morgan fingerprint density at radius 1 is 1.04 bits per heavy atom. The van der Waals surface area contributed by atoms with Gasteiger partial charge < -0.3 is 10.1 Å². The number of methoxy groups -OCH3 is 1. The molecule has 0 radical (unpaired) electrons. The number of hydrogen-bond donors (Lipinski definition) is 2. The summed E-state index contributed by atoms with van der Waals surface area (Å²) in [7, 11) is 1.57. The number of halogens is 2. The van der Waals surface area contributed by atoms with E-state index >= 15 is 0 Å². The second-order valence-electron chi connectivity index (χ2n) is 4.83. The van der Waals surface area contributed by atoms with Crippen molar-refractivity contribution < 1.29 is 4.74 Å². The van der Waals surface area contributed by atoms with Crippen LogP contribution in [0.25, 0.3) is 11.3 Å². The number of aromatic amines is 1. The predicted molar refractivity (Wildman–Crippen MR) is 94.4 cm³/mol. The van der Waals surface area contributed by atoms with Gasteiger partial charge in [0.25, 0.3) is 5.56 Å². The average molecular weight is 363 g/mol. The van der Waals surface area contributed by atoms with E-state index in [4.69, 9.17) is 27.9 Å². The van der Waals surface area contributed by atoms with Crippen molar-refractivity contribution in [3.63, 3.8) is 0 Å². The molecular formula is C16H12Cl2N4O2. The lowest BCUT2D eigenvalue weighted by Gasteiger charge is -2.07. The zero-order valence-electron chi connectivity index (χ0n) is 12.5.